The smallest absolute Gasteiger partial charge is 0.193 e. The number of thioether (sulfide) groups is 1. The highest BCUT2D eigenvalue weighted by atomic mass is 127. The van der Waals surface area contributed by atoms with Gasteiger partial charge in [-0.1, -0.05) is 27.7 Å². The first-order valence-corrected chi connectivity index (χ1v) is 8.57. The molecule has 4 nitrogen and oxygen atoms in total. The van der Waals surface area contributed by atoms with Gasteiger partial charge < -0.3 is 15.0 Å². The summed E-state index contributed by atoms with van der Waals surface area (Å²) in [5.41, 5.74) is 0.129. The van der Waals surface area contributed by atoms with Crippen LogP contribution < -0.4 is 5.32 Å². The fraction of sp³-hybridized carbons (Fsp3) is 0.933. The van der Waals surface area contributed by atoms with Crippen LogP contribution in [0.3, 0.4) is 0 Å². The molecule has 1 fully saturated rings. The summed E-state index contributed by atoms with van der Waals surface area (Å²) in [7, 11) is 3.65. The van der Waals surface area contributed by atoms with Crippen molar-refractivity contribution in [1.82, 2.24) is 10.2 Å². The lowest BCUT2D eigenvalue weighted by Crippen LogP contribution is -2.50. The molecule has 1 aliphatic heterocycles. The highest BCUT2D eigenvalue weighted by Gasteiger charge is 2.26. The van der Waals surface area contributed by atoms with E-state index in [0.29, 0.717) is 0 Å². The first-order chi connectivity index (χ1) is 9.42. The molecule has 1 N–H and O–H groups in total. The van der Waals surface area contributed by atoms with E-state index in [0.717, 1.165) is 30.8 Å². The number of guanidine groups is 1. The Balaban J connectivity index is 0.00000400. The Morgan fingerprint density at radius 2 is 2.14 bits per heavy atom. The number of aliphatic imine (C=N–C) groups is 1. The van der Waals surface area contributed by atoms with Gasteiger partial charge in [0.25, 0.3) is 0 Å². The molecular weight excluding hydrogens is 397 g/mol. The second-order valence-electron chi connectivity index (χ2n) is 6.37. The topological polar surface area (TPSA) is 36.9 Å². The summed E-state index contributed by atoms with van der Waals surface area (Å²) in [4.78, 5) is 6.81. The third-order valence-corrected chi connectivity index (χ3v) is 5.17. The second-order valence-corrected chi connectivity index (χ2v) is 7.77. The molecule has 0 aromatic rings. The number of methoxy groups -OCH3 is 1. The number of nitrogens with zero attached hydrogens (tertiary/aromatic N) is 2. The minimum atomic E-state index is 0. The molecule has 2 unspecified atom stereocenters. The van der Waals surface area contributed by atoms with Gasteiger partial charge in [0.1, 0.15) is 0 Å². The lowest BCUT2D eigenvalue weighted by Gasteiger charge is -2.36. The standard InChI is InChI=1S/C15H31N3OS.HI/c1-7-12-11-18(8-9-20-12)14(16-5)17-10-13(19-6)15(2,3)4;/h12-13H,7-11H2,1-6H3,(H,16,17);1H. The third-order valence-electron chi connectivity index (χ3n) is 3.80. The zero-order chi connectivity index (χ0) is 15.2. The number of halogens is 1. The molecule has 0 spiro atoms. The van der Waals surface area contributed by atoms with Crippen molar-refractivity contribution in [3.05, 3.63) is 0 Å². The zero-order valence-corrected chi connectivity index (χ0v) is 17.5. The summed E-state index contributed by atoms with van der Waals surface area (Å²) < 4.78 is 5.60. The normalized spacial score (nSPS) is 21.7. The fourth-order valence-electron chi connectivity index (χ4n) is 2.42. The van der Waals surface area contributed by atoms with E-state index in [-0.39, 0.29) is 35.5 Å². The monoisotopic (exact) mass is 429 g/mol. The van der Waals surface area contributed by atoms with Crippen LogP contribution in [-0.2, 0) is 4.74 Å². The second kappa shape index (κ2) is 10.2. The average Bonchev–Trinajstić information content (AvgIpc) is 2.42. The largest absolute Gasteiger partial charge is 0.379 e. The molecule has 0 bridgehead atoms. The SMILES string of the molecule is CCC1CN(C(=NC)NCC(OC)C(C)(C)C)CCS1.I. The molecule has 0 radical (unpaired) electrons. The van der Waals surface area contributed by atoms with Crippen molar-refractivity contribution >= 4 is 41.7 Å². The fourth-order valence-corrected chi connectivity index (χ4v) is 3.60. The van der Waals surface area contributed by atoms with E-state index in [1.165, 1.54) is 12.2 Å². The summed E-state index contributed by atoms with van der Waals surface area (Å²) in [5.74, 6) is 2.20. The summed E-state index contributed by atoms with van der Waals surface area (Å²) in [6.07, 6.45) is 1.40. The van der Waals surface area contributed by atoms with Crippen LogP contribution in [0.1, 0.15) is 34.1 Å². The first kappa shape index (κ1) is 21.3. The Hall–Kier alpha value is 0.310. The average molecular weight is 429 g/mol. The van der Waals surface area contributed by atoms with Crippen LogP contribution in [0, 0.1) is 5.41 Å². The van der Waals surface area contributed by atoms with E-state index in [4.69, 9.17) is 4.74 Å². The van der Waals surface area contributed by atoms with Gasteiger partial charge in [-0.05, 0) is 11.8 Å². The molecule has 0 amide bonds. The number of nitrogens with one attached hydrogen (secondary N) is 1. The predicted octanol–water partition coefficient (Wildman–Crippen LogP) is 3.07. The van der Waals surface area contributed by atoms with Crippen molar-refractivity contribution in [2.75, 3.05) is 39.5 Å². The highest BCUT2D eigenvalue weighted by molar-refractivity contribution is 14.0. The van der Waals surface area contributed by atoms with Crippen molar-refractivity contribution in [1.29, 1.82) is 0 Å². The van der Waals surface area contributed by atoms with E-state index in [1.807, 2.05) is 7.05 Å². The number of hydrogen-bond acceptors (Lipinski definition) is 3. The van der Waals surface area contributed by atoms with E-state index < -0.39 is 0 Å². The number of ether oxygens (including phenoxy) is 1. The lowest BCUT2D eigenvalue weighted by atomic mass is 9.89. The van der Waals surface area contributed by atoms with Gasteiger partial charge in [0.15, 0.2) is 5.96 Å². The van der Waals surface area contributed by atoms with Gasteiger partial charge >= 0.3 is 0 Å². The Morgan fingerprint density at radius 1 is 1.48 bits per heavy atom. The summed E-state index contributed by atoms with van der Waals surface area (Å²) >= 11 is 2.08. The lowest BCUT2D eigenvalue weighted by molar-refractivity contribution is 0.0201. The van der Waals surface area contributed by atoms with E-state index in [2.05, 4.69) is 54.7 Å². The van der Waals surface area contributed by atoms with Crippen molar-refractivity contribution < 1.29 is 4.74 Å². The van der Waals surface area contributed by atoms with Crippen LogP contribution >= 0.6 is 35.7 Å². The quantitative estimate of drug-likeness (QED) is 0.424. The van der Waals surface area contributed by atoms with Crippen LogP contribution in [0.4, 0.5) is 0 Å². The van der Waals surface area contributed by atoms with Crippen LogP contribution in [-0.4, -0.2) is 61.8 Å². The molecule has 0 saturated carbocycles. The maximum absolute atomic E-state index is 5.60. The molecule has 1 aliphatic rings. The third kappa shape index (κ3) is 6.95. The molecular formula is C15H32IN3OS. The minimum absolute atomic E-state index is 0. The van der Waals surface area contributed by atoms with Gasteiger partial charge in [-0.15, -0.1) is 24.0 Å². The van der Waals surface area contributed by atoms with Crippen LogP contribution in [0.15, 0.2) is 4.99 Å². The van der Waals surface area contributed by atoms with Gasteiger partial charge in [0.2, 0.25) is 0 Å². The van der Waals surface area contributed by atoms with E-state index in [1.54, 1.807) is 7.11 Å². The highest BCUT2D eigenvalue weighted by Crippen LogP contribution is 2.22. The molecule has 2 atom stereocenters. The summed E-state index contributed by atoms with van der Waals surface area (Å²) in [5, 5.41) is 4.21. The number of rotatable bonds is 4. The molecule has 1 saturated heterocycles. The molecule has 1 rings (SSSR count). The maximum Gasteiger partial charge on any atom is 0.193 e. The molecule has 0 aromatic heterocycles. The summed E-state index contributed by atoms with van der Waals surface area (Å²) in [6, 6.07) is 0. The van der Waals surface area contributed by atoms with Gasteiger partial charge in [-0.25, -0.2) is 0 Å². The van der Waals surface area contributed by atoms with Gasteiger partial charge in [0, 0.05) is 44.8 Å². The molecule has 0 aromatic carbocycles. The van der Waals surface area contributed by atoms with Crippen LogP contribution in [0.25, 0.3) is 0 Å². The van der Waals surface area contributed by atoms with Crippen molar-refractivity contribution in [2.45, 2.75) is 45.5 Å². The summed E-state index contributed by atoms with van der Waals surface area (Å²) in [6.45, 7) is 11.8. The Bertz CT molecular complexity index is 321. The minimum Gasteiger partial charge on any atom is -0.379 e. The van der Waals surface area contributed by atoms with Crippen LogP contribution in [0.2, 0.25) is 0 Å². The number of hydrogen-bond donors (Lipinski definition) is 1. The van der Waals surface area contributed by atoms with Crippen molar-refractivity contribution in [2.24, 2.45) is 10.4 Å². The van der Waals surface area contributed by atoms with Crippen molar-refractivity contribution in [3.8, 4) is 0 Å². The molecule has 21 heavy (non-hydrogen) atoms. The van der Waals surface area contributed by atoms with E-state index >= 15 is 0 Å². The Labute approximate surface area is 151 Å². The first-order valence-electron chi connectivity index (χ1n) is 7.52. The van der Waals surface area contributed by atoms with Gasteiger partial charge in [-0.2, -0.15) is 11.8 Å². The van der Waals surface area contributed by atoms with Gasteiger partial charge in [-0.3, -0.25) is 4.99 Å². The Morgan fingerprint density at radius 3 is 2.62 bits per heavy atom. The maximum atomic E-state index is 5.60. The Kier molecular flexibility index (Phi) is 10.3. The molecule has 6 heteroatoms. The molecule has 126 valence electrons. The van der Waals surface area contributed by atoms with Crippen molar-refractivity contribution in [3.63, 3.8) is 0 Å². The van der Waals surface area contributed by atoms with E-state index in [9.17, 15) is 0 Å². The molecule has 1 heterocycles. The zero-order valence-electron chi connectivity index (χ0n) is 14.3. The molecule has 0 aliphatic carbocycles. The van der Waals surface area contributed by atoms with Gasteiger partial charge in [0.05, 0.1) is 6.10 Å². The van der Waals surface area contributed by atoms with Crippen LogP contribution in [0.5, 0.6) is 0 Å². The predicted molar refractivity (Wildman–Crippen MR) is 105 cm³/mol.